The van der Waals surface area contributed by atoms with Crippen molar-refractivity contribution in [2.45, 2.75) is 83.8 Å². The van der Waals surface area contributed by atoms with Crippen LogP contribution < -0.4 is 0 Å². The molecule has 1 fully saturated rings. The molecule has 3 aromatic carbocycles. The Morgan fingerprint density at radius 1 is 0.800 bits per heavy atom. The molecule has 0 N–H and O–H groups in total. The number of ether oxygens (including phenoxy) is 1. The summed E-state index contributed by atoms with van der Waals surface area (Å²) in [6.45, 7) is 4.22. The van der Waals surface area contributed by atoms with Gasteiger partial charge in [0.15, 0.2) is 11.6 Å². The largest absolute Gasteiger partial charge is 0.373 e. The predicted octanol–water partition coefficient (Wildman–Crippen LogP) is 8.92. The average Bonchev–Trinajstić information content (AvgIpc) is 2.89. The van der Waals surface area contributed by atoms with Crippen LogP contribution in [0.25, 0.3) is 11.1 Å². The van der Waals surface area contributed by atoms with Crippen LogP contribution in [0.4, 0.5) is 13.2 Å². The summed E-state index contributed by atoms with van der Waals surface area (Å²) in [4.78, 5) is 0. The lowest BCUT2D eigenvalue weighted by Crippen LogP contribution is -2.21. The zero-order valence-electron chi connectivity index (χ0n) is 20.8. The number of rotatable bonds is 9. The molecule has 4 rings (SSSR count). The van der Waals surface area contributed by atoms with E-state index in [-0.39, 0.29) is 29.7 Å². The first kappa shape index (κ1) is 25.5. The second kappa shape index (κ2) is 11.9. The van der Waals surface area contributed by atoms with Crippen molar-refractivity contribution < 1.29 is 17.9 Å². The molecule has 0 aromatic heterocycles. The summed E-state index contributed by atoms with van der Waals surface area (Å²) >= 11 is 0. The van der Waals surface area contributed by atoms with Crippen LogP contribution in [0, 0.1) is 17.5 Å². The first-order valence-corrected chi connectivity index (χ1v) is 13.0. The number of benzene rings is 3. The summed E-state index contributed by atoms with van der Waals surface area (Å²) in [5.74, 6) is -1.45. The van der Waals surface area contributed by atoms with Crippen LogP contribution >= 0.6 is 0 Å². The van der Waals surface area contributed by atoms with E-state index in [0.29, 0.717) is 11.5 Å². The molecule has 3 aromatic rings. The van der Waals surface area contributed by atoms with Crippen molar-refractivity contribution in [3.8, 4) is 11.1 Å². The molecule has 0 heterocycles. The minimum atomic E-state index is -0.839. The van der Waals surface area contributed by atoms with Gasteiger partial charge in [0.1, 0.15) is 5.82 Å². The minimum absolute atomic E-state index is 0.00338. The van der Waals surface area contributed by atoms with Crippen molar-refractivity contribution >= 4 is 0 Å². The smallest absolute Gasteiger partial charge is 0.167 e. The van der Waals surface area contributed by atoms with Crippen LogP contribution in [-0.2, 0) is 24.2 Å². The molecular weight excluding hydrogens is 445 g/mol. The Kier molecular flexibility index (Phi) is 8.67. The quantitative estimate of drug-likeness (QED) is 0.297. The first-order chi connectivity index (χ1) is 17.0. The average molecular weight is 481 g/mol. The van der Waals surface area contributed by atoms with Crippen molar-refractivity contribution in [2.75, 3.05) is 0 Å². The molecule has 1 nitrogen and oxygen atoms in total. The molecule has 35 heavy (non-hydrogen) atoms. The monoisotopic (exact) mass is 480 g/mol. The van der Waals surface area contributed by atoms with E-state index in [0.717, 1.165) is 68.1 Å². The van der Waals surface area contributed by atoms with Crippen LogP contribution in [0.1, 0.15) is 80.5 Å². The summed E-state index contributed by atoms with van der Waals surface area (Å²) in [6, 6.07) is 16.5. The van der Waals surface area contributed by atoms with Crippen molar-refractivity contribution in [1.82, 2.24) is 0 Å². The third-order valence-electron chi connectivity index (χ3n) is 7.33. The number of hydrogen-bond acceptors (Lipinski definition) is 1. The Balaban J connectivity index is 1.32. The Labute approximate surface area is 207 Å². The SMILES string of the molecule is CCCCc1ccc(C2CCC(OCc3ccc(-c4ccc(CC)cc4)c(F)c3F)CC2)cc1F. The maximum Gasteiger partial charge on any atom is 0.167 e. The molecule has 0 aliphatic heterocycles. The van der Waals surface area contributed by atoms with Gasteiger partial charge in [-0.25, -0.2) is 13.2 Å². The fourth-order valence-corrected chi connectivity index (χ4v) is 5.00. The van der Waals surface area contributed by atoms with E-state index in [4.69, 9.17) is 4.74 Å². The fraction of sp³-hybridized carbons (Fsp3) is 0.419. The zero-order valence-corrected chi connectivity index (χ0v) is 20.8. The number of aryl methyl sites for hydroxylation is 2. The van der Waals surface area contributed by atoms with Crippen molar-refractivity contribution in [2.24, 2.45) is 0 Å². The summed E-state index contributed by atoms with van der Waals surface area (Å²) < 4.78 is 50.0. The van der Waals surface area contributed by atoms with Gasteiger partial charge < -0.3 is 4.74 Å². The third kappa shape index (κ3) is 6.16. The van der Waals surface area contributed by atoms with E-state index in [1.54, 1.807) is 18.2 Å². The Morgan fingerprint density at radius 3 is 2.17 bits per heavy atom. The van der Waals surface area contributed by atoms with Gasteiger partial charge in [-0.15, -0.1) is 0 Å². The van der Waals surface area contributed by atoms with Gasteiger partial charge in [-0.3, -0.25) is 0 Å². The lowest BCUT2D eigenvalue weighted by Gasteiger charge is -2.29. The van der Waals surface area contributed by atoms with E-state index < -0.39 is 11.6 Å². The molecule has 1 aliphatic carbocycles. The van der Waals surface area contributed by atoms with E-state index in [9.17, 15) is 13.2 Å². The maximum atomic E-state index is 14.8. The molecule has 4 heteroatoms. The van der Waals surface area contributed by atoms with Crippen LogP contribution in [0.15, 0.2) is 54.6 Å². The van der Waals surface area contributed by atoms with Gasteiger partial charge in [0.05, 0.1) is 12.7 Å². The van der Waals surface area contributed by atoms with Gasteiger partial charge in [0.25, 0.3) is 0 Å². The molecule has 1 aliphatic rings. The van der Waals surface area contributed by atoms with Gasteiger partial charge in [-0.2, -0.15) is 0 Å². The van der Waals surface area contributed by atoms with E-state index in [2.05, 4.69) is 19.9 Å². The maximum absolute atomic E-state index is 14.8. The predicted molar refractivity (Wildman–Crippen MR) is 136 cm³/mol. The Bertz CT molecular complexity index is 1110. The van der Waals surface area contributed by atoms with E-state index in [1.165, 1.54) is 0 Å². The molecule has 186 valence electrons. The molecule has 0 saturated heterocycles. The summed E-state index contributed by atoms with van der Waals surface area (Å²) in [5.41, 5.74) is 4.18. The van der Waals surface area contributed by atoms with Crippen LogP contribution in [-0.4, -0.2) is 6.10 Å². The summed E-state index contributed by atoms with van der Waals surface area (Å²) in [5, 5.41) is 0. The number of hydrogen-bond donors (Lipinski definition) is 0. The highest BCUT2D eigenvalue weighted by Crippen LogP contribution is 2.35. The van der Waals surface area contributed by atoms with Crippen molar-refractivity contribution in [3.63, 3.8) is 0 Å². The molecule has 0 spiro atoms. The van der Waals surface area contributed by atoms with E-state index in [1.807, 2.05) is 30.3 Å². The lowest BCUT2D eigenvalue weighted by atomic mass is 9.82. The van der Waals surface area contributed by atoms with Crippen LogP contribution in [0.3, 0.4) is 0 Å². The lowest BCUT2D eigenvalue weighted by molar-refractivity contribution is 0.0119. The fourth-order valence-electron chi connectivity index (χ4n) is 5.00. The molecule has 0 atom stereocenters. The molecule has 0 unspecified atom stereocenters. The Hall–Kier alpha value is -2.59. The third-order valence-corrected chi connectivity index (χ3v) is 7.33. The zero-order chi connectivity index (χ0) is 24.8. The van der Waals surface area contributed by atoms with Gasteiger partial charge in [0.2, 0.25) is 0 Å². The highest BCUT2D eigenvalue weighted by molar-refractivity contribution is 5.65. The van der Waals surface area contributed by atoms with Crippen LogP contribution in [0.2, 0.25) is 0 Å². The summed E-state index contributed by atoms with van der Waals surface area (Å²) in [7, 11) is 0. The Morgan fingerprint density at radius 2 is 1.51 bits per heavy atom. The second-order valence-electron chi connectivity index (χ2n) is 9.69. The van der Waals surface area contributed by atoms with Gasteiger partial charge in [-0.1, -0.05) is 68.8 Å². The standard InChI is InChI=1S/C31H35F3O/c1-3-5-6-24-11-12-25(19-29(24)32)22-13-16-27(17-14-22)35-20-26-15-18-28(31(34)30(26)33)23-9-7-21(4-2)8-10-23/h7-12,15,18-19,22,27H,3-6,13-14,16-17,20H2,1-2H3. The van der Waals surface area contributed by atoms with Gasteiger partial charge in [0, 0.05) is 11.1 Å². The first-order valence-electron chi connectivity index (χ1n) is 13.0. The minimum Gasteiger partial charge on any atom is -0.373 e. The topological polar surface area (TPSA) is 9.23 Å². The van der Waals surface area contributed by atoms with Crippen molar-refractivity contribution in [3.05, 3.63) is 94.3 Å². The molecule has 0 amide bonds. The highest BCUT2D eigenvalue weighted by Gasteiger charge is 2.24. The summed E-state index contributed by atoms with van der Waals surface area (Å²) in [6.07, 6.45) is 7.21. The van der Waals surface area contributed by atoms with E-state index >= 15 is 0 Å². The molecule has 0 radical (unpaired) electrons. The highest BCUT2D eigenvalue weighted by atomic mass is 19.2. The number of unbranched alkanes of at least 4 members (excludes halogenated alkanes) is 1. The molecular formula is C31H35F3O. The normalized spacial score (nSPS) is 18.1. The van der Waals surface area contributed by atoms with Gasteiger partial charge >= 0.3 is 0 Å². The second-order valence-corrected chi connectivity index (χ2v) is 9.69. The van der Waals surface area contributed by atoms with Crippen molar-refractivity contribution in [1.29, 1.82) is 0 Å². The van der Waals surface area contributed by atoms with Crippen LogP contribution in [0.5, 0.6) is 0 Å². The van der Waals surface area contributed by atoms with Gasteiger partial charge in [-0.05, 0) is 79.2 Å². The number of halogens is 3. The molecule has 0 bridgehead atoms. The molecule has 1 saturated carbocycles.